The number of aryl methyl sites for hydroxylation is 1. The monoisotopic (exact) mass is 519 g/mol. The minimum absolute atomic E-state index is 0.324. The molecule has 0 aliphatic rings. The molecule has 0 fully saturated rings. The van der Waals surface area contributed by atoms with Gasteiger partial charge in [0.25, 0.3) is 5.91 Å². The molecule has 0 aliphatic heterocycles. The van der Waals surface area contributed by atoms with E-state index in [0.29, 0.717) is 28.7 Å². The highest BCUT2D eigenvalue weighted by molar-refractivity contribution is 9.10. The van der Waals surface area contributed by atoms with Crippen molar-refractivity contribution in [2.45, 2.75) is 19.9 Å². The standard InChI is InChI=1S/C22H22BrN3O5S/c1-15(22(27)25-24-14-20-13-21(23)16(2)30-20)26(32(3,28)29)17-9-11-19(12-10-17)31-18-7-5-4-6-8-18/h4-15H,1-3H3,(H,25,27)/b24-14-/t15-/m0/s1. The fourth-order valence-corrected chi connectivity index (χ4v) is 4.37. The predicted octanol–water partition coefficient (Wildman–Crippen LogP) is 4.45. The first kappa shape index (κ1) is 23.6. The zero-order chi connectivity index (χ0) is 23.3. The van der Waals surface area contributed by atoms with Crippen molar-refractivity contribution in [3.8, 4) is 11.5 Å². The number of carbonyl (C=O) groups is 1. The summed E-state index contributed by atoms with van der Waals surface area (Å²) >= 11 is 3.33. The van der Waals surface area contributed by atoms with Crippen molar-refractivity contribution in [2.24, 2.45) is 5.10 Å². The van der Waals surface area contributed by atoms with E-state index in [1.54, 1.807) is 37.3 Å². The van der Waals surface area contributed by atoms with E-state index >= 15 is 0 Å². The molecule has 0 aliphatic carbocycles. The number of halogens is 1. The van der Waals surface area contributed by atoms with Crippen LogP contribution >= 0.6 is 15.9 Å². The van der Waals surface area contributed by atoms with Crippen LogP contribution in [0.1, 0.15) is 18.4 Å². The number of hydrazone groups is 1. The van der Waals surface area contributed by atoms with E-state index in [2.05, 4.69) is 26.5 Å². The van der Waals surface area contributed by atoms with Gasteiger partial charge in [0.1, 0.15) is 29.1 Å². The fraction of sp³-hybridized carbons (Fsp3) is 0.182. The molecule has 3 aromatic rings. The number of anilines is 1. The van der Waals surface area contributed by atoms with Gasteiger partial charge in [0.05, 0.1) is 22.6 Å². The van der Waals surface area contributed by atoms with Crippen LogP contribution in [0.15, 0.2) is 74.7 Å². The summed E-state index contributed by atoms with van der Waals surface area (Å²) in [5.41, 5.74) is 2.67. The van der Waals surface area contributed by atoms with Gasteiger partial charge < -0.3 is 9.15 Å². The summed E-state index contributed by atoms with van der Waals surface area (Å²) in [6.45, 7) is 3.26. The molecule has 168 valence electrons. The summed E-state index contributed by atoms with van der Waals surface area (Å²) in [5.74, 6) is 1.71. The number of hydrogen-bond donors (Lipinski definition) is 1. The number of amides is 1. The summed E-state index contributed by atoms with van der Waals surface area (Å²) < 4.78 is 37.8. The number of hydrogen-bond acceptors (Lipinski definition) is 6. The van der Waals surface area contributed by atoms with Crippen molar-refractivity contribution in [1.82, 2.24) is 5.43 Å². The topological polar surface area (TPSA) is 101 Å². The van der Waals surface area contributed by atoms with Gasteiger partial charge in [0.2, 0.25) is 10.0 Å². The van der Waals surface area contributed by atoms with E-state index in [-0.39, 0.29) is 0 Å². The molecule has 0 bridgehead atoms. The third kappa shape index (κ3) is 5.98. The molecule has 10 heteroatoms. The summed E-state index contributed by atoms with van der Waals surface area (Å²) in [6.07, 6.45) is 2.38. The molecule has 1 N–H and O–H groups in total. The lowest BCUT2D eigenvalue weighted by molar-refractivity contribution is -0.121. The maximum atomic E-state index is 12.6. The Bertz CT molecular complexity index is 1190. The minimum Gasteiger partial charge on any atom is -0.459 e. The number of para-hydroxylation sites is 1. The van der Waals surface area contributed by atoms with Crippen LogP contribution in [0.4, 0.5) is 5.69 Å². The van der Waals surface area contributed by atoms with Crippen LogP contribution in [0.3, 0.4) is 0 Å². The first-order valence-corrected chi connectivity index (χ1v) is 12.2. The number of furan rings is 1. The van der Waals surface area contributed by atoms with Gasteiger partial charge in [-0.15, -0.1) is 0 Å². The number of benzene rings is 2. The number of nitrogens with one attached hydrogen (secondary N) is 1. The highest BCUT2D eigenvalue weighted by atomic mass is 79.9. The van der Waals surface area contributed by atoms with Crippen molar-refractivity contribution < 1.29 is 22.4 Å². The number of nitrogens with zero attached hydrogens (tertiary/aromatic N) is 2. The highest BCUT2D eigenvalue weighted by Gasteiger charge is 2.29. The van der Waals surface area contributed by atoms with Gasteiger partial charge in [0.15, 0.2) is 0 Å². The maximum Gasteiger partial charge on any atom is 0.263 e. The van der Waals surface area contributed by atoms with Gasteiger partial charge in [-0.1, -0.05) is 18.2 Å². The van der Waals surface area contributed by atoms with Gasteiger partial charge in [-0.3, -0.25) is 9.10 Å². The largest absolute Gasteiger partial charge is 0.459 e. The van der Waals surface area contributed by atoms with Gasteiger partial charge in [-0.25, -0.2) is 13.8 Å². The molecule has 1 aromatic heterocycles. The lowest BCUT2D eigenvalue weighted by Crippen LogP contribution is -2.46. The Balaban J connectivity index is 1.73. The van der Waals surface area contributed by atoms with Crippen LogP contribution < -0.4 is 14.5 Å². The first-order chi connectivity index (χ1) is 15.1. The molecule has 3 rings (SSSR count). The zero-order valence-corrected chi connectivity index (χ0v) is 20.1. The summed E-state index contributed by atoms with van der Waals surface area (Å²) in [5, 5.41) is 3.86. The molecule has 0 saturated heterocycles. The van der Waals surface area contributed by atoms with Crippen molar-refractivity contribution in [3.63, 3.8) is 0 Å². The summed E-state index contributed by atoms with van der Waals surface area (Å²) in [6, 6.07) is 16.3. The van der Waals surface area contributed by atoms with Gasteiger partial charge in [-0.2, -0.15) is 5.10 Å². The van der Waals surface area contributed by atoms with E-state index in [1.165, 1.54) is 13.1 Å². The Morgan fingerprint density at radius 1 is 1.16 bits per heavy atom. The average molecular weight is 520 g/mol. The lowest BCUT2D eigenvalue weighted by Gasteiger charge is -2.27. The third-order valence-electron chi connectivity index (χ3n) is 4.40. The van der Waals surface area contributed by atoms with Crippen LogP contribution in [0.2, 0.25) is 0 Å². The average Bonchev–Trinajstić information content (AvgIpc) is 3.06. The van der Waals surface area contributed by atoms with Gasteiger partial charge in [0, 0.05) is 6.07 Å². The molecule has 0 saturated carbocycles. The maximum absolute atomic E-state index is 12.6. The predicted molar refractivity (Wildman–Crippen MR) is 127 cm³/mol. The number of carbonyl (C=O) groups excluding carboxylic acids is 1. The van der Waals surface area contributed by atoms with Crippen LogP contribution in [0.25, 0.3) is 0 Å². The molecular weight excluding hydrogens is 498 g/mol. The quantitative estimate of drug-likeness (QED) is 0.350. The first-order valence-electron chi connectivity index (χ1n) is 9.56. The number of sulfonamides is 1. The van der Waals surface area contributed by atoms with E-state index in [0.717, 1.165) is 15.0 Å². The van der Waals surface area contributed by atoms with Crippen LogP contribution in [0.5, 0.6) is 11.5 Å². The minimum atomic E-state index is -3.76. The second kappa shape index (κ2) is 10.0. The molecular formula is C22H22BrN3O5S. The van der Waals surface area contributed by atoms with E-state index in [9.17, 15) is 13.2 Å². The Labute approximate surface area is 195 Å². The Morgan fingerprint density at radius 2 is 1.78 bits per heavy atom. The Kier molecular flexibility index (Phi) is 7.37. The van der Waals surface area contributed by atoms with E-state index < -0.39 is 22.0 Å². The number of rotatable bonds is 8. The molecule has 2 aromatic carbocycles. The normalized spacial score (nSPS) is 12.5. The van der Waals surface area contributed by atoms with Crippen LogP contribution in [0, 0.1) is 6.92 Å². The smallest absolute Gasteiger partial charge is 0.263 e. The van der Waals surface area contributed by atoms with E-state index in [4.69, 9.17) is 9.15 Å². The molecule has 1 amide bonds. The summed E-state index contributed by atoms with van der Waals surface area (Å²) in [7, 11) is -3.76. The molecule has 0 spiro atoms. The van der Waals surface area contributed by atoms with Crippen molar-refractivity contribution in [2.75, 3.05) is 10.6 Å². The highest BCUT2D eigenvalue weighted by Crippen LogP contribution is 2.27. The third-order valence-corrected chi connectivity index (χ3v) is 6.43. The Morgan fingerprint density at radius 3 is 2.34 bits per heavy atom. The SMILES string of the molecule is Cc1oc(/C=N\NC(=O)[C@H](C)N(c2ccc(Oc3ccccc3)cc2)S(C)(=O)=O)cc1Br. The fourth-order valence-electron chi connectivity index (χ4n) is 2.89. The zero-order valence-electron chi connectivity index (χ0n) is 17.7. The van der Waals surface area contributed by atoms with Crippen LogP contribution in [-0.2, 0) is 14.8 Å². The summed E-state index contributed by atoms with van der Waals surface area (Å²) in [4.78, 5) is 12.6. The van der Waals surface area contributed by atoms with Crippen molar-refractivity contribution >= 4 is 43.8 Å². The van der Waals surface area contributed by atoms with E-state index in [1.807, 2.05) is 30.3 Å². The molecule has 1 atom stereocenters. The molecule has 0 unspecified atom stereocenters. The van der Waals surface area contributed by atoms with Crippen LogP contribution in [-0.4, -0.2) is 32.8 Å². The Hall–Kier alpha value is -3.11. The molecule has 1 heterocycles. The van der Waals surface area contributed by atoms with Gasteiger partial charge >= 0.3 is 0 Å². The second-order valence-electron chi connectivity index (χ2n) is 6.93. The molecule has 8 nitrogen and oxygen atoms in total. The number of ether oxygens (including phenoxy) is 1. The lowest BCUT2D eigenvalue weighted by atomic mass is 10.2. The molecule has 0 radical (unpaired) electrons. The van der Waals surface area contributed by atoms with Gasteiger partial charge in [-0.05, 0) is 66.2 Å². The second-order valence-corrected chi connectivity index (χ2v) is 9.64. The molecule has 32 heavy (non-hydrogen) atoms. The van der Waals surface area contributed by atoms with Crippen molar-refractivity contribution in [3.05, 3.63) is 76.7 Å². The van der Waals surface area contributed by atoms with Crippen molar-refractivity contribution in [1.29, 1.82) is 0 Å².